The Labute approximate surface area is 110 Å². The van der Waals surface area contributed by atoms with Crippen molar-refractivity contribution in [2.45, 2.75) is 44.6 Å². The van der Waals surface area contributed by atoms with Gasteiger partial charge in [0.15, 0.2) is 5.54 Å². The molecule has 0 spiro atoms. The Hall–Kier alpha value is -1.13. The smallest absolute Gasteiger partial charge is 0.334 e. The third kappa shape index (κ3) is 6.57. The molecule has 4 nitrogen and oxygen atoms in total. The first-order valence-electron chi connectivity index (χ1n) is 6.58. The van der Waals surface area contributed by atoms with Gasteiger partial charge in [0.1, 0.15) is 0 Å². The van der Waals surface area contributed by atoms with Crippen LogP contribution in [-0.2, 0) is 9.53 Å². The van der Waals surface area contributed by atoms with Crippen molar-refractivity contribution < 1.29 is 9.53 Å². The van der Waals surface area contributed by atoms with Gasteiger partial charge < -0.3 is 16.2 Å². The monoisotopic (exact) mass is 254 g/mol. The highest BCUT2D eigenvalue weighted by atomic mass is 16.5. The normalized spacial score (nSPS) is 14.4. The summed E-state index contributed by atoms with van der Waals surface area (Å²) in [5, 5.41) is 0. The summed E-state index contributed by atoms with van der Waals surface area (Å²) in [7, 11) is 0. The van der Waals surface area contributed by atoms with Crippen molar-refractivity contribution in [3.8, 4) is 0 Å². The number of carbonyl (C=O) groups is 1. The van der Waals surface area contributed by atoms with Gasteiger partial charge in [0.2, 0.25) is 0 Å². The standard InChI is InChI=1S/C14H26N2O2/c1-3-5-6-9-12-18-13(17)14(16,4-2)10-7-8-11-15/h4,7,10H,2-3,5-6,8-9,11-12,15-16H2,1H3/b10-7+. The first-order chi connectivity index (χ1) is 8.60. The molecule has 4 heteroatoms. The summed E-state index contributed by atoms with van der Waals surface area (Å²) in [5.41, 5.74) is 10.0. The fourth-order valence-electron chi connectivity index (χ4n) is 1.41. The number of carbonyl (C=O) groups excluding carboxylic acids is 1. The third-order valence-electron chi connectivity index (χ3n) is 2.65. The fraction of sp³-hybridized carbons (Fsp3) is 0.643. The van der Waals surface area contributed by atoms with Crippen LogP contribution in [0.3, 0.4) is 0 Å². The van der Waals surface area contributed by atoms with Crippen molar-refractivity contribution in [2.75, 3.05) is 13.2 Å². The van der Waals surface area contributed by atoms with Gasteiger partial charge in [-0.3, -0.25) is 0 Å². The van der Waals surface area contributed by atoms with Gasteiger partial charge in [-0.05, 0) is 19.4 Å². The predicted molar refractivity (Wildman–Crippen MR) is 75.0 cm³/mol. The lowest BCUT2D eigenvalue weighted by Crippen LogP contribution is -2.45. The van der Waals surface area contributed by atoms with Gasteiger partial charge in [-0.25, -0.2) is 4.79 Å². The lowest BCUT2D eigenvalue weighted by molar-refractivity contribution is -0.146. The van der Waals surface area contributed by atoms with Crippen LogP contribution < -0.4 is 11.5 Å². The van der Waals surface area contributed by atoms with E-state index in [9.17, 15) is 4.79 Å². The summed E-state index contributed by atoms with van der Waals surface area (Å²) in [6.45, 7) is 6.65. The van der Waals surface area contributed by atoms with Crippen LogP contribution in [0.25, 0.3) is 0 Å². The first kappa shape index (κ1) is 16.9. The van der Waals surface area contributed by atoms with Gasteiger partial charge in [0.05, 0.1) is 6.61 Å². The summed E-state index contributed by atoms with van der Waals surface area (Å²) in [5.74, 6) is -0.456. The Bertz CT molecular complexity index is 277. The summed E-state index contributed by atoms with van der Waals surface area (Å²) in [6.07, 6.45) is 9.70. The lowest BCUT2D eigenvalue weighted by atomic mass is 10.0. The number of hydrogen-bond donors (Lipinski definition) is 2. The molecule has 0 aromatic carbocycles. The zero-order valence-electron chi connectivity index (χ0n) is 11.4. The lowest BCUT2D eigenvalue weighted by Gasteiger charge is -2.19. The van der Waals surface area contributed by atoms with Gasteiger partial charge >= 0.3 is 5.97 Å². The van der Waals surface area contributed by atoms with Crippen LogP contribution in [0.2, 0.25) is 0 Å². The minimum Gasteiger partial charge on any atom is -0.464 e. The second-order valence-corrected chi connectivity index (χ2v) is 4.31. The van der Waals surface area contributed by atoms with E-state index in [2.05, 4.69) is 13.5 Å². The molecule has 0 aliphatic rings. The zero-order valence-corrected chi connectivity index (χ0v) is 11.4. The molecular formula is C14H26N2O2. The highest BCUT2D eigenvalue weighted by Gasteiger charge is 2.28. The average Bonchev–Trinajstić information content (AvgIpc) is 2.38. The van der Waals surface area contributed by atoms with Crippen LogP contribution in [-0.4, -0.2) is 24.7 Å². The molecule has 18 heavy (non-hydrogen) atoms. The number of unbranched alkanes of at least 4 members (excludes halogenated alkanes) is 3. The van der Waals surface area contributed by atoms with Crippen LogP contribution in [0.15, 0.2) is 24.8 Å². The van der Waals surface area contributed by atoms with Crippen molar-refractivity contribution in [1.29, 1.82) is 0 Å². The molecule has 4 N–H and O–H groups in total. The molecular weight excluding hydrogens is 228 g/mol. The minimum absolute atomic E-state index is 0.413. The molecule has 0 saturated heterocycles. The average molecular weight is 254 g/mol. The first-order valence-corrected chi connectivity index (χ1v) is 6.58. The molecule has 0 aromatic heterocycles. The number of nitrogens with two attached hydrogens (primary N) is 2. The fourth-order valence-corrected chi connectivity index (χ4v) is 1.41. The SMILES string of the molecule is C=CC(N)(/C=C/CCN)C(=O)OCCCCCC. The molecule has 0 rings (SSSR count). The molecule has 0 aliphatic heterocycles. The Kier molecular flexibility index (Phi) is 9.24. The summed E-state index contributed by atoms with van der Waals surface area (Å²) in [6, 6.07) is 0. The van der Waals surface area contributed by atoms with E-state index in [4.69, 9.17) is 16.2 Å². The minimum atomic E-state index is -1.24. The molecule has 0 heterocycles. The van der Waals surface area contributed by atoms with E-state index >= 15 is 0 Å². The maximum atomic E-state index is 11.8. The number of esters is 1. The highest BCUT2D eigenvalue weighted by molar-refractivity contribution is 5.85. The quantitative estimate of drug-likeness (QED) is 0.354. The van der Waals surface area contributed by atoms with Crippen LogP contribution in [0, 0.1) is 0 Å². The molecule has 0 radical (unpaired) electrons. The topological polar surface area (TPSA) is 78.3 Å². The largest absolute Gasteiger partial charge is 0.464 e. The molecule has 0 fully saturated rings. The van der Waals surface area contributed by atoms with E-state index in [1.54, 1.807) is 12.2 Å². The second-order valence-electron chi connectivity index (χ2n) is 4.31. The third-order valence-corrected chi connectivity index (χ3v) is 2.65. The van der Waals surface area contributed by atoms with Crippen LogP contribution in [0.1, 0.15) is 39.0 Å². The van der Waals surface area contributed by atoms with Gasteiger partial charge in [0.25, 0.3) is 0 Å². The molecule has 1 unspecified atom stereocenters. The van der Waals surface area contributed by atoms with Crippen molar-refractivity contribution in [3.63, 3.8) is 0 Å². The van der Waals surface area contributed by atoms with E-state index < -0.39 is 11.5 Å². The molecule has 0 aliphatic carbocycles. The van der Waals surface area contributed by atoms with Gasteiger partial charge in [-0.1, -0.05) is 44.4 Å². The van der Waals surface area contributed by atoms with Crippen molar-refractivity contribution in [2.24, 2.45) is 11.5 Å². The summed E-state index contributed by atoms with van der Waals surface area (Å²) in [4.78, 5) is 11.8. The molecule has 104 valence electrons. The predicted octanol–water partition coefficient (Wildman–Crippen LogP) is 1.90. The van der Waals surface area contributed by atoms with E-state index in [0.717, 1.165) is 25.7 Å². The number of ether oxygens (including phenoxy) is 1. The van der Waals surface area contributed by atoms with Crippen LogP contribution in [0.4, 0.5) is 0 Å². The van der Waals surface area contributed by atoms with Crippen molar-refractivity contribution >= 4 is 5.97 Å². The van der Waals surface area contributed by atoms with Crippen molar-refractivity contribution in [3.05, 3.63) is 24.8 Å². The molecule has 0 saturated carbocycles. The Morgan fingerprint density at radius 1 is 1.39 bits per heavy atom. The summed E-state index contributed by atoms with van der Waals surface area (Å²) < 4.78 is 5.16. The summed E-state index contributed by atoms with van der Waals surface area (Å²) >= 11 is 0. The Balaban J connectivity index is 4.12. The van der Waals surface area contributed by atoms with Gasteiger partial charge in [-0.15, -0.1) is 6.58 Å². The maximum Gasteiger partial charge on any atom is 0.334 e. The van der Waals surface area contributed by atoms with E-state index in [1.807, 2.05) is 0 Å². The van der Waals surface area contributed by atoms with E-state index in [-0.39, 0.29) is 0 Å². The highest BCUT2D eigenvalue weighted by Crippen LogP contribution is 2.09. The van der Waals surface area contributed by atoms with Gasteiger partial charge in [0, 0.05) is 0 Å². The van der Waals surface area contributed by atoms with Gasteiger partial charge in [-0.2, -0.15) is 0 Å². The van der Waals surface area contributed by atoms with E-state index in [1.165, 1.54) is 6.08 Å². The van der Waals surface area contributed by atoms with E-state index in [0.29, 0.717) is 19.6 Å². The van der Waals surface area contributed by atoms with Crippen molar-refractivity contribution in [1.82, 2.24) is 0 Å². The van der Waals surface area contributed by atoms with Crippen LogP contribution >= 0.6 is 0 Å². The maximum absolute atomic E-state index is 11.8. The zero-order chi connectivity index (χ0) is 13.9. The molecule has 1 atom stereocenters. The second kappa shape index (κ2) is 9.85. The Morgan fingerprint density at radius 2 is 2.11 bits per heavy atom. The molecule has 0 amide bonds. The molecule has 0 aromatic rings. The Morgan fingerprint density at radius 3 is 2.67 bits per heavy atom. The molecule has 0 bridgehead atoms. The number of rotatable bonds is 10. The van der Waals surface area contributed by atoms with Crippen LogP contribution in [0.5, 0.6) is 0 Å². The number of hydrogen-bond acceptors (Lipinski definition) is 4.